The van der Waals surface area contributed by atoms with Crippen LogP contribution in [0.1, 0.15) is 0 Å². The van der Waals surface area contributed by atoms with Gasteiger partial charge < -0.3 is 4.74 Å². The third-order valence-electron chi connectivity index (χ3n) is 1.12. The molecule has 11 heavy (non-hydrogen) atoms. The van der Waals surface area contributed by atoms with Crippen molar-refractivity contribution < 1.29 is 13.5 Å². The lowest BCUT2D eigenvalue weighted by atomic mass is 10.3. The smallest absolute Gasteiger partial charge is 0.197 e. The van der Waals surface area contributed by atoms with Crippen LogP contribution in [0.4, 0.5) is 8.78 Å². The fourth-order valence-corrected chi connectivity index (χ4v) is 0.678. The van der Waals surface area contributed by atoms with Crippen molar-refractivity contribution in [1.29, 1.82) is 0 Å². The van der Waals surface area contributed by atoms with Gasteiger partial charge in [-0.25, -0.2) is 8.78 Å². The second-order valence-corrected chi connectivity index (χ2v) is 1.84. The number of hydrogen-bond acceptors (Lipinski definition) is 1. The molecular formula is C8H6F2O. The number of para-hydroxylation sites is 1. The zero-order valence-corrected chi connectivity index (χ0v) is 5.68. The molecule has 0 saturated heterocycles. The van der Waals surface area contributed by atoms with Crippen LogP contribution in [0.5, 0.6) is 5.75 Å². The lowest BCUT2D eigenvalue weighted by molar-refractivity contribution is 0.407. The van der Waals surface area contributed by atoms with Crippen LogP contribution in [0.15, 0.2) is 31.0 Å². The molecule has 3 heteroatoms. The highest BCUT2D eigenvalue weighted by molar-refractivity contribution is 5.26. The fraction of sp³-hybridized carbons (Fsp3) is 0. The topological polar surface area (TPSA) is 9.23 Å². The quantitative estimate of drug-likeness (QED) is 0.597. The van der Waals surface area contributed by atoms with Gasteiger partial charge >= 0.3 is 0 Å². The van der Waals surface area contributed by atoms with Gasteiger partial charge in [-0.2, -0.15) is 0 Å². The number of halogens is 2. The van der Waals surface area contributed by atoms with E-state index < -0.39 is 17.4 Å². The van der Waals surface area contributed by atoms with E-state index in [4.69, 9.17) is 0 Å². The van der Waals surface area contributed by atoms with Crippen LogP contribution >= 0.6 is 0 Å². The summed E-state index contributed by atoms with van der Waals surface area (Å²) < 4.78 is 29.7. The van der Waals surface area contributed by atoms with Crippen molar-refractivity contribution in [1.82, 2.24) is 0 Å². The standard InChI is InChI=1S/C8H6F2O/c1-2-11-8-6(9)4-3-5-7(8)10/h2-5H,1H2. The van der Waals surface area contributed by atoms with Crippen LogP contribution in [0.3, 0.4) is 0 Å². The second-order valence-electron chi connectivity index (χ2n) is 1.84. The van der Waals surface area contributed by atoms with Crippen molar-refractivity contribution in [2.45, 2.75) is 0 Å². The zero-order valence-electron chi connectivity index (χ0n) is 5.68. The molecule has 0 fully saturated rings. The highest BCUT2D eigenvalue weighted by atomic mass is 19.1. The Bertz CT molecular complexity index is 251. The first-order valence-electron chi connectivity index (χ1n) is 2.97. The summed E-state index contributed by atoms with van der Waals surface area (Å²) in [6, 6.07) is 3.49. The molecule has 0 aliphatic rings. The molecule has 0 bridgehead atoms. The SMILES string of the molecule is C=COc1c(F)cccc1F. The van der Waals surface area contributed by atoms with Crippen LogP contribution in [0.2, 0.25) is 0 Å². The van der Waals surface area contributed by atoms with E-state index in [0.29, 0.717) is 0 Å². The molecule has 0 saturated carbocycles. The minimum absolute atomic E-state index is 0.414. The van der Waals surface area contributed by atoms with Gasteiger partial charge in [0, 0.05) is 0 Å². The van der Waals surface area contributed by atoms with Gasteiger partial charge in [-0.3, -0.25) is 0 Å². The van der Waals surface area contributed by atoms with Gasteiger partial charge in [0.15, 0.2) is 17.4 Å². The molecule has 0 N–H and O–H groups in total. The summed E-state index contributed by atoms with van der Waals surface area (Å²) in [5, 5.41) is 0. The van der Waals surface area contributed by atoms with Gasteiger partial charge in [0.05, 0.1) is 6.26 Å². The maximum absolute atomic E-state index is 12.6. The molecule has 0 amide bonds. The summed E-state index contributed by atoms with van der Waals surface area (Å²) in [5.74, 6) is -1.88. The van der Waals surface area contributed by atoms with Gasteiger partial charge in [0.1, 0.15) is 0 Å². The molecule has 1 rings (SSSR count). The third kappa shape index (κ3) is 1.55. The van der Waals surface area contributed by atoms with E-state index in [0.717, 1.165) is 18.4 Å². The summed E-state index contributed by atoms with van der Waals surface area (Å²) >= 11 is 0. The van der Waals surface area contributed by atoms with Crippen molar-refractivity contribution in [3.8, 4) is 5.75 Å². The van der Waals surface area contributed by atoms with Gasteiger partial charge in [-0.15, -0.1) is 0 Å². The minimum Gasteiger partial charge on any atom is -0.459 e. The van der Waals surface area contributed by atoms with Crippen LogP contribution in [0.25, 0.3) is 0 Å². The Morgan fingerprint density at radius 2 is 1.82 bits per heavy atom. The lowest BCUT2D eigenvalue weighted by Crippen LogP contribution is -1.89. The van der Waals surface area contributed by atoms with Crippen molar-refractivity contribution in [3.63, 3.8) is 0 Å². The fourth-order valence-electron chi connectivity index (χ4n) is 0.678. The molecule has 1 aromatic rings. The monoisotopic (exact) mass is 156 g/mol. The highest BCUT2D eigenvalue weighted by Gasteiger charge is 2.06. The van der Waals surface area contributed by atoms with Crippen LogP contribution in [-0.2, 0) is 0 Å². The largest absolute Gasteiger partial charge is 0.459 e. The Balaban J connectivity index is 3.09. The number of benzene rings is 1. The minimum atomic E-state index is -0.732. The second kappa shape index (κ2) is 3.14. The molecular weight excluding hydrogens is 150 g/mol. The Hall–Kier alpha value is -1.38. The Morgan fingerprint density at radius 3 is 2.27 bits per heavy atom. The first-order valence-corrected chi connectivity index (χ1v) is 2.97. The predicted molar refractivity (Wildman–Crippen MR) is 37.2 cm³/mol. The Morgan fingerprint density at radius 1 is 1.27 bits per heavy atom. The van der Waals surface area contributed by atoms with E-state index >= 15 is 0 Å². The first-order chi connectivity index (χ1) is 5.25. The third-order valence-corrected chi connectivity index (χ3v) is 1.12. The summed E-state index contributed by atoms with van der Waals surface area (Å²) in [4.78, 5) is 0. The van der Waals surface area contributed by atoms with Gasteiger partial charge in [-0.05, 0) is 12.1 Å². The van der Waals surface area contributed by atoms with Crippen LogP contribution in [0, 0.1) is 11.6 Å². The predicted octanol–water partition coefficient (Wildman–Crippen LogP) is 2.49. The summed E-state index contributed by atoms with van der Waals surface area (Å²) in [7, 11) is 0. The zero-order chi connectivity index (χ0) is 8.27. The van der Waals surface area contributed by atoms with Crippen LogP contribution < -0.4 is 4.74 Å². The average molecular weight is 156 g/mol. The molecule has 0 spiro atoms. The summed E-state index contributed by atoms with van der Waals surface area (Å²) in [5.41, 5.74) is 0. The van der Waals surface area contributed by atoms with E-state index in [1.807, 2.05) is 0 Å². The molecule has 0 heterocycles. The Labute approximate surface area is 62.9 Å². The highest BCUT2D eigenvalue weighted by Crippen LogP contribution is 2.20. The normalized spacial score (nSPS) is 9.27. The molecule has 0 aromatic heterocycles. The van der Waals surface area contributed by atoms with Crippen molar-refractivity contribution >= 4 is 0 Å². The first kappa shape index (κ1) is 7.72. The van der Waals surface area contributed by atoms with Crippen molar-refractivity contribution in [2.24, 2.45) is 0 Å². The molecule has 0 aliphatic heterocycles. The van der Waals surface area contributed by atoms with Gasteiger partial charge in [0.25, 0.3) is 0 Å². The molecule has 1 nitrogen and oxygen atoms in total. The molecule has 0 atom stereocenters. The molecule has 1 aromatic carbocycles. The maximum atomic E-state index is 12.6. The average Bonchev–Trinajstić information content (AvgIpc) is 1.97. The van der Waals surface area contributed by atoms with Crippen molar-refractivity contribution in [2.75, 3.05) is 0 Å². The number of rotatable bonds is 2. The molecule has 0 radical (unpaired) electrons. The summed E-state index contributed by atoms with van der Waals surface area (Å²) in [6.07, 6.45) is 0.974. The maximum Gasteiger partial charge on any atom is 0.197 e. The van der Waals surface area contributed by atoms with Crippen molar-refractivity contribution in [3.05, 3.63) is 42.7 Å². The van der Waals surface area contributed by atoms with E-state index in [-0.39, 0.29) is 0 Å². The van der Waals surface area contributed by atoms with Gasteiger partial charge in [0.2, 0.25) is 0 Å². The van der Waals surface area contributed by atoms with Gasteiger partial charge in [-0.1, -0.05) is 12.6 Å². The lowest BCUT2D eigenvalue weighted by Gasteiger charge is -2.00. The van der Waals surface area contributed by atoms with Crippen LogP contribution in [-0.4, -0.2) is 0 Å². The molecule has 0 aliphatic carbocycles. The summed E-state index contributed by atoms with van der Waals surface area (Å²) in [6.45, 7) is 3.18. The van der Waals surface area contributed by atoms with E-state index in [9.17, 15) is 8.78 Å². The Kier molecular flexibility index (Phi) is 2.21. The number of hydrogen-bond donors (Lipinski definition) is 0. The van der Waals surface area contributed by atoms with E-state index in [1.165, 1.54) is 6.07 Å². The molecule has 0 unspecified atom stereocenters. The van der Waals surface area contributed by atoms with E-state index in [2.05, 4.69) is 11.3 Å². The van der Waals surface area contributed by atoms with E-state index in [1.54, 1.807) is 0 Å². The molecule has 58 valence electrons. The number of ether oxygens (including phenoxy) is 1.